The summed E-state index contributed by atoms with van der Waals surface area (Å²) in [6.45, 7) is 3.85. The fraction of sp³-hybridized carbons (Fsp3) is 0.143. The van der Waals surface area contributed by atoms with Gasteiger partial charge in [0, 0.05) is 42.9 Å². The van der Waals surface area contributed by atoms with Crippen molar-refractivity contribution in [2.75, 3.05) is 0 Å². The molecule has 36 heavy (non-hydrogen) atoms. The first-order valence-corrected chi connectivity index (χ1v) is 11.3. The quantitative estimate of drug-likeness (QED) is 0.360. The first kappa shape index (κ1) is 23.3. The molecule has 0 atom stereocenters. The van der Waals surface area contributed by atoms with Crippen molar-refractivity contribution in [3.63, 3.8) is 0 Å². The van der Waals surface area contributed by atoms with Crippen LogP contribution in [0.1, 0.15) is 11.1 Å². The number of ether oxygens (including phenoxy) is 1. The molecule has 5 aromatic rings. The van der Waals surface area contributed by atoms with Gasteiger partial charge in [-0.2, -0.15) is 0 Å². The van der Waals surface area contributed by atoms with Gasteiger partial charge in [0.05, 0.1) is 17.5 Å². The zero-order valence-electron chi connectivity index (χ0n) is 20.1. The maximum absolute atomic E-state index is 14.5. The Kier molecular flexibility index (Phi) is 5.59. The Labute approximate surface area is 205 Å². The van der Waals surface area contributed by atoms with E-state index in [4.69, 9.17) is 4.74 Å². The molecule has 0 bridgehead atoms. The molecule has 0 aliphatic carbocycles. The van der Waals surface area contributed by atoms with Gasteiger partial charge in [0.1, 0.15) is 22.9 Å². The second kappa shape index (κ2) is 8.64. The summed E-state index contributed by atoms with van der Waals surface area (Å²) in [5.41, 5.74) is 2.13. The second-order valence-electron chi connectivity index (χ2n) is 8.85. The Morgan fingerprint density at radius 2 is 1.47 bits per heavy atom. The molecule has 0 fully saturated rings. The summed E-state index contributed by atoms with van der Waals surface area (Å²) in [6, 6.07) is 12.3. The number of pyridine rings is 2. The smallest absolute Gasteiger partial charge is 0.274 e. The van der Waals surface area contributed by atoms with Gasteiger partial charge in [0.25, 0.3) is 11.1 Å². The van der Waals surface area contributed by atoms with Crippen LogP contribution in [0.25, 0.3) is 33.3 Å². The zero-order chi connectivity index (χ0) is 25.7. The summed E-state index contributed by atoms with van der Waals surface area (Å²) >= 11 is 0. The van der Waals surface area contributed by atoms with E-state index in [-0.39, 0.29) is 27.9 Å². The summed E-state index contributed by atoms with van der Waals surface area (Å²) in [6.07, 6.45) is 3.18. The van der Waals surface area contributed by atoms with Crippen LogP contribution in [0.2, 0.25) is 0 Å². The van der Waals surface area contributed by atoms with Crippen LogP contribution in [-0.2, 0) is 14.1 Å². The second-order valence-corrected chi connectivity index (χ2v) is 8.85. The normalized spacial score (nSPS) is 11.3. The zero-order valence-corrected chi connectivity index (χ0v) is 20.1. The summed E-state index contributed by atoms with van der Waals surface area (Å²) in [5, 5.41) is 0.412. The highest BCUT2D eigenvalue weighted by molar-refractivity contribution is 5.98. The molecule has 0 amide bonds. The lowest BCUT2D eigenvalue weighted by atomic mass is 10.0. The van der Waals surface area contributed by atoms with Gasteiger partial charge in [0.15, 0.2) is 5.75 Å². The average Bonchev–Trinajstić information content (AvgIpc) is 3.26. The molecule has 0 saturated heterocycles. The highest BCUT2D eigenvalue weighted by Gasteiger charge is 2.21. The molecular formula is C28H23F2N3O3. The highest BCUT2D eigenvalue weighted by Crippen LogP contribution is 2.39. The van der Waals surface area contributed by atoms with Gasteiger partial charge in [-0.05, 0) is 43.2 Å². The number of aryl methyl sites for hydroxylation is 4. The van der Waals surface area contributed by atoms with E-state index in [0.29, 0.717) is 28.0 Å². The summed E-state index contributed by atoms with van der Waals surface area (Å²) in [7, 11) is 3.19. The van der Waals surface area contributed by atoms with Gasteiger partial charge in [-0.25, -0.2) is 8.78 Å². The third kappa shape index (κ3) is 3.80. The van der Waals surface area contributed by atoms with Gasteiger partial charge in [-0.15, -0.1) is 0 Å². The number of para-hydroxylation sites is 1. The third-order valence-corrected chi connectivity index (χ3v) is 6.30. The number of fused-ring (bicyclic) bond motifs is 1. The van der Waals surface area contributed by atoms with Crippen molar-refractivity contribution < 1.29 is 13.5 Å². The molecule has 6 nitrogen and oxygen atoms in total. The van der Waals surface area contributed by atoms with Crippen molar-refractivity contribution in [3.8, 4) is 33.9 Å². The molecule has 182 valence electrons. The highest BCUT2D eigenvalue weighted by atomic mass is 19.1. The van der Waals surface area contributed by atoms with Gasteiger partial charge in [-0.1, -0.05) is 24.3 Å². The Morgan fingerprint density at radius 3 is 2.14 bits per heavy atom. The molecule has 0 aliphatic heterocycles. The SMILES string of the molecule is Cc1cccc(C)c1Oc1cn(C)c(=O)cc1-c1cn(C)c(=O)c2[nH]c(-c3c(F)cccc3F)cc12. The van der Waals surface area contributed by atoms with E-state index in [9.17, 15) is 18.4 Å². The fourth-order valence-electron chi connectivity index (χ4n) is 4.41. The molecule has 0 radical (unpaired) electrons. The van der Waals surface area contributed by atoms with Crippen molar-refractivity contribution >= 4 is 10.9 Å². The number of hydrogen-bond acceptors (Lipinski definition) is 3. The van der Waals surface area contributed by atoms with Crippen LogP contribution in [0, 0.1) is 25.5 Å². The minimum Gasteiger partial charge on any atom is -0.455 e. The lowest BCUT2D eigenvalue weighted by Crippen LogP contribution is -2.18. The lowest BCUT2D eigenvalue weighted by molar-refractivity contribution is 0.470. The van der Waals surface area contributed by atoms with Gasteiger partial charge in [-0.3, -0.25) is 9.59 Å². The Bertz CT molecular complexity index is 1740. The molecule has 0 unspecified atom stereocenters. The largest absolute Gasteiger partial charge is 0.455 e. The van der Waals surface area contributed by atoms with E-state index in [2.05, 4.69) is 4.98 Å². The molecule has 3 aromatic heterocycles. The van der Waals surface area contributed by atoms with Crippen molar-refractivity contribution in [2.24, 2.45) is 14.1 Å². The van der Waals surface area contributed by atoms with Crippen molar-refractivity contribution in [3.05, 3.63) is 104 Å². The molecule has 0 aliphatic rings. The molecule has 2 aromatic carbocycles. The topological polar surface area (TPSA) is 69.0 Å². The third-order valence-electron chi connectivity index (χ3n) is 6.30. The first-order chi connectivity index (χ1) is 17.2. The fourth-order valence-corrected chi connectivity index (χ4v) is 4.41. The van der Waals surface area contributed by atoms with Crippen molar-refractivity contribution in [2.45, 2.75) is 13.8 Å². The van der Waals surface area contributed by atoms with Crippen LogP contribution in [0.3, 0.4) is 0 Å². The summed E-state index contributed by atoms with van der Waals surface area (Å²) in [5.74, 6) is -0.462. The molecule has 3 heterocycles. The van der Waals surface area contributed by atoms with E-state index in [0.717, 1.165) is 23.3 Å². The van der Waals surface area contributed by atoms with E-state index in [1.165, 1.54) is 27.3 Å². The van der Waals surface area contributed by atoms with Crippen LogP contribution in [-0.4, -0.2) is 14.1 Å². The number of H-pyrrole nitrogens is 1. The van der Waals surface area contributed by atoms with E-state index < -0.39 is 11.6 Å². The van der Waals surface area contributed by atoms with Crippen LogP contribution in [0.4, 0.5) is 8.78 Å². The van der Waals surface area contributed by atoms with Crippen molar-refractivity contribution in [1.29, 1.82) is 0 Å². The van der Waals surface area contributed by atoms with Crippen LogP contribution >= 0.6 is 0 Å². The Morgan fingerprint density at radius 1 is 0.833 bits per heavy atom. The molecule has 1 N–H and O–H groups in total. The Hall–Kier alpha value is -4.46. The number of halogens is 2. The first-order valence-electron chi connectivity index (χ1n) is 11.3. The molecule has 8 heteroatoms. The summed E-state index contributed by atoms with van der Waals surface area (Å²) < 4.78 is 38.2. The Balaban J connectivity index is 1.80. The number of nitrogens with one attached hydrogen (secondary N) is 1. The summed E-state index contributed by atoms with van der Waals surface area (Å²) in [4.78, 5) is 28.5. The van der Waals surface area contributed by atoms with Crippen LogP contribution < -0.4 is 15.9 Å². The number of benzene rings is 2. The van der Waals surface area contributed by atoms with Gasteiger partial charge in [0.2, 0.25) is 0 Å². The van der Waals surface area contributed by atoms with Gasteiger partial charge < -0.3 is 18.9 Å². The molecule has 0 saturated carbocycles. The van der Waals surface area contributed by atoms with E-state index >= 15 is 0 Å². The minimum absolute atomic E-state index is 0.117. The number of hydrogen-bond donors (Lipinski definition) is 1. The predicted octanol–water partition coefficient (Wildman–Crippen LogP) is 5.59. The van der Waals surface area contributed by atoms with E-state index in [1.54, 1.807) is 26.5 Å². The number of rotatable bonds is 4. The lowest BCUT2D eigenvalue weighted by Gasteiger charge is -2.17. The minimum atomic E-state index is -0.757. The van der Waals surface area contributed by atoms with Crippen LogP contribution in [0.5, 0.6) is 11.5 Å². The maximum Gasteiger partial charge on any atom is 0.274 e. The number of aromatic amines is 1. The predicted molar refractivity (Wildman–Crippen MR) is 136 cm³/mol. The van der Waals surface area contributed by atoms with Crippen molar-refractivity contribution in [1.82, 2.24) is 14.1 Å². The van der Waals surface area contributed by atoms with E-state index in [1.807, 2.05) is 32.0 Å². The average molecular weight is 488 g/mol. The van der Waals surface area contributed by atoms with Gasteiger partial charge >= 0.3 is 0 Å². The molecule has 0 spiro atoms. The standard InChI is InChI=1S/C28H23F2N3O3/c1-15-7-5-8-16(2)27(15)36-23-14-32(3)24(34)12-17(23)19-13-33(4)28(35)26-18(19)11-22(31-26)25-20(29)9-6-10-21(25)30/h5-14,31H,1-4H3. The number of aromatic nitrogens is 3. The monoisotopic (exact) mass is 487 g/mol. The molecular weight excluding hydrogens is 464 g/mol. The van der Waals surface area contributed by atoms with Crippen LogP contribution in [0.15, 0.2) is 70.5 Å². The molecule has 5 rings (SSSR count). The number of nitrogens with zero attached hydrogens (tertiary/aromatic N) is 2. The maximum atomic E-state index is 14.5.